The number of benzene rings is 1. The molecule has 33 heavy (non-hydrogen) atoms. The Labute approximate surface area is 198 Å². The number of alkyl carbamates (subject to hydrolysis) is 1. The zero-order valence-corrected chi connectivity index (χ0v) is 21.2. The van der Waals surface area contributed by atoms with Gasteiger partial charge in [0.1, 0.15) is 17.7 Å². The fourth-order valence-corrected chi connectivity index (χ4v) is 3.43. The van der Waals surface area contributed by atoms with Gasteiger partial charge in [0.25, 0.3) is 0 Å². The summed E-state index contributed by atoms with van der Waals surface area (Å²) in [5.41, 5.74) is 0.612. The van der Waals surface area contributed by atoms with Gasteiger partial charge < -0.3 is 20.3 Å². The van der Waals surface area contributed by atoms with Crippen LogP contribution in [0.25, 0.3) is 0 Å². The Balaban J connectivity index is 3.25. The van der Waals surface area contributed by atoms with Crippen molar-refractivity contribution in [2.24, 2.45) is 5.92 Å². The number of hydrogen-bond acceptors (Lipinski definition) is 4. The van der Waals surface area contributed by atoms with Crippen molar-refractivity contribution < 1.29 is 19.1 Å². The first kappa shape index (κ1) is 28.0. The van der Waals surface area contributed by atoms with Crippen molar-refractivity contribution in [3.05, 3.63) is 35.4 Å². The number of nitrogens with zero attached hydrogens (tertiary/aromatic N) is 1. The standard InChI is InChI=1S/C26H39N3O4/c1-10-12-18(5)27-23(30)22(20-15-13-19(11-2)14-16-20)29(9)24(31)21(17(3)4)28-25(32)33-26(6,7)8/h2,13-18,21-22H,10,12H2,1,3-9H3,(H,27,30)(H,28,32). The number of terminal acetylenes is 1. The second kappa shape index (κ2) is 12.3. The van der Waals surface area contributed by atoms with Gasteiger partial charge in [-0.05, 0) is 57.7 Å². The maximum absolute atomic E-state index is 13.5. The minimum Gasteiger partial charge on any atom is -0.444 e. The van der Waals surface area contributed by atoms with Crippen LogP contribution in [0.2, 0.25) is 0 Å². The SMILES string of the molecule is C#Cc1ccc(C(C(=O)NC(C)CCC)N(C)C(=O)C(NC(=O)OC(C)(C)C)C(C)C)cc1. The molecular formula is C26H39N3O4. The van der Waals surface area contributed by atoms with Crippen LogP contribution in [0, 0.1) is 18.3 Å². The maximum atomic E-state index is 13.5. The van der Waals surface area contributed by atoms with Gasteiger partial charge in [0.2, 0.25) is 11.8 Å². The second-order valence-corrected chi connectivity index (χ2v) is 9.68. The quantitative estimate of drug-likeness (QED) is 0.548. The number of hydrogen-bond donors (Lipinski definition) is 2. The van der Waals surface area contributed by atoms with Gasteiger partial charge in [-0.2, -0.15) is 0 Å². The number of amides is 3. The molecule has 0 aliphatic carbocycles. The van der Waals surface area contributed by atoms with E-state index in [0.717, 1.165) is 12.8 Å². The lowest BCUT2D eigenvalue weighted by Crippen LogP contribution is -2.54. The van der Waals surface area contributed by atoms with E-state index in [0.29, 0.717) is 11.1 Å². The third-order valence-corrected chi connectivity index (χ3v) is 5.09. The van der Waals surface area contributed by atoms with E-state index in [1.54, 1.807) is 52.1 Å². The van der Waals surface area contributed by atoms with Gasteiger partial charge in [-0.1, -0.05) is 45.2 Å². The van der Waals surface area contributed by atoms with Gasteiger partial charge in [0.15, 0.2) is 0 Å². The highest BCUT2D eigenvalue weighted by Gasteiger charge is 2.35. The first-order chi connectivity index (χ1) is 15.3. The molecule has 3 atom stereocenters. The lowest BCUT2D eigenvalue weighted by molar-refractivity contribution is -0.141. The Morgan fingerprint density at radius 2 is 1.67 bits per heavy atom. The molecule has 0 bridgehead atoms. The minimum atomic E-state index is -0.884. The van der Waals surface area contributed by atoms with E-state index in [2.05, 4.69) is 16.6 Å². The summed E-state index contributed by atoms with van der Waals surface area (Å²) < 4.78 is 5.33. The van der Waals surface area contributed by atoms with Crippen LogP contribution >= 0.6 is 0 Å². The predicted molar refractivity (Wildman–Crippen MR) is 130 cm³/mol. The maximum Gasteiger partial charge on any atom is 0.408 e. The molecule has 0 spiro atoms. The molecule has 0 aliphatic rings. The van der Waals surface area contributed by atoms with E-state index in [4.69, 9.17) is 11.2 Å². The normalized spacial score (nSPS) is 13.9. The topological polar surface area (TPSA) is 87.7 Å². The van der Waals surface area contributed by atoms with Gasteiger partial charge in [0.05, 0.1) is 0 Å². The van der Waals surface area contributed by atoms with Crippen molar-refractivity contribution in [3.8, 4) is 12.3 Å². The Bertz CT molecular complexity index is 850. The van der Waals surface area contributed by atoms with E-state index >= 15 is 0 Å². The van der Waals surface area contributed by atoms with Crippen molar-refractivity contribution in [1.29, 1.82) is 0 Å². The summed E-state index contributed by atoms with van der Waals surface area (Å²) >= 11 is 0. The molecule has 7 heteroatoms. The number of carbonyl (C=O) groups excluding carboxylic acids is 3. The summed E-state index contributed by atoms with van der Waals surface area (Å²) in [7, 11) is 1.57. The molecule has 0 aliphatic heterocycles. The van der Waals surface area contributed by atoms with Crippen LogP contribution in [0.15, 0.2) is 24.3 Å². The Morgan fingerprint density at radius 3 is 2.12 bits per heavy atom. The summed E-state index contributed by atoms with van der Waals surface area (Å²) in [5, 5.41) is 5.67. The molecule has 0 saturated heterocycles. The van der Waals surface area contributed by atoms with Gasteiger partial charge in [-0.3, -0.25) is 9.59 Å². The number of ether oxygens (including phenoxy) is 1. The van der Waals surface area contributed by atoms with Crippen LogP contribution in [0.3, 0.4) is 0 Å². The van der Waals surface area contributed by atoms with Crippen LogP contribution in [-0.2, 0) is 14.3 Å². The van der Waals surface area contributed by atoms with Gasteiger partial charge in [-0.15, -0.1) is 6.42 Å². The molecule has 0 fully saturated rings. The minimum absolute atomic E-state index is 0.0423. The lowest BCUT2D eigenvalue weighted by Gasteiger charge is -2.33. The third kappa shape index (κ3) is 8.80. The molecule has 182 valence electrons. The van der Waals surface area contributed by atoms with Crippen molar-refractivity contribution >= 4 is 17.9 Å². The first-order valence-electron chi connectivity index (χ1n) is 11.4. The highest BCUT2D eigenvalue weighted by atomic mass is 16.6. The monoisotopic (exact) mass is 457 g/mol. The van der Waals surface area contributed by atoms with E-state index in [-0.39, 0.29) is 23.8 Å². The molecule has 1 rings (SSSR count). The molecule has 0 saturated carbocycles. The van der Waals surface area contributed by atoms with Crippen LogP contribution in [0.5, 0.6) is 0 Å². The zero-order valence-electron chi connectivity index (χ0n) is 21.2. The average molecular weight is 458 g/mol. The van der Waals surface area contributed by atoms with E-state index in [9.17, 15) is 14.4 Å². The highest BCUT2D eigenvalue weighted by molar-refractivity contribution is 5.92. The smallest absolute Gasteiger partial charge is 0.408 e. The molecule has 0 aromatic heterocycles. The van der Waals surface area contributed by atoms with Gasteiger partial charge in [0, 0.05) is 18.7 Å². The van der Waals surface area contributed by atoms with Gasteiger partial charge >= 0.3 is 6.09 Å². The summed E-state index contributed by atoms with van der Waals surface area (Å²) in [4.78, 5) is 40.5. The van der Waals surface area contributed by atoms with Crippen LogP contribution in [-0.4, -0.2) is 47.5 Å². The largest absolute Gasteiger partial charge is 0.444 e. The second-order valence-electron chi connectivity index (χ2n) is 9.68. The molecule has 7 nitrogen and oxygen atoms in total. The van der Waals surface area contributed by atoms with E-state index in [1.807, 2.05) is 27.7 Å². The summed E-state index contributed by atoms with van der Waals surface area (Å²) in [6, 6.07) is 5.19. The van der Waals surface area contributed by atoms with Crippen molar-refractivity contribution in [2.45, 2.75) is 85.0 Å². The Hall–Kier alpha value is -3.01. The van der Waals surface area contributed by atoms with Crippen LogP contribution in [0.1, 0.15) is 78.5 Å². The average Bonchev–Trinajstić information content (AvgIpc) is 2.70. The first-order valence-corrected chi connectivity index (χ1v) is 11.4. The third-order valence-electron chi connectivity index (χ3n) is 5.09. The van der Waals surface area contributed by atoms with Crippen molar-refractivity contribution in [1.82, 2.24) is 15.5 Å². The lowest BCUT2D eigenvalue weighted by atomic mass is 9.98. The number of carbonyl (C=O) groups is 3. The number of nitrogens with one attached hydrogen (secondary N) is 2. The van der Waals surface area contributed by atoms with Crippen LogP contribution < -0.4 is 10.6 Å². The zero-order chi connectivity index (χ0) is 25.3. The molecule has 0 radical (unpaired) electrons. The molecule has 1 aromatic carbocycles. The summed E-state index contributed by atoms with van der Waals surface area (Å²) in [5.74, 6) is 1.65. The van der Waals surface area contributed by atoms with Gasteiger partial charge in [-0.25, -0.2) is 4.79 Å². The van der Waals surface area contributed by atoms with Crippen LogP contribution in [0.4, 0.5) is 4.79 Å². The van der Waals surface area contributed by atoms with E-state index < -0.39 is 23.8 Å². The molecule has 1 aromatic rings. The fraction of sp³-hybridized carbons (Fsp3) is 0.577. The number of rotatable bonds is 9. The Morgan fingerprint density at radius 1 is 1.09 bits per heavy atom. The highest BCUT2D eigenvalue weighted by Crippen LogP contribution is 2.23. The van der Waals surface area contributed by atoms with Crippen molar-refractivity contribution in [2.75, 3.05) is 7.05 Å². The summed E-state index contributed by atoms with van der Waals surface area (Å²) in [6.45, 7) is 12.9. The molecule has 3 amide bonds. The fourth-order valence-electron chi connectivity index (χ4n) is 3.43. The Kier molecular flexibility index (Phi) is 10.4. The van der Waals surface area contributed by atoms with E-state index in [1.165, 1.54) is 4.90 Å². The van der Waals surface area contributed by atoms with Crippen molar-refractivity contribution in [3.63, 3.8) is 0 Å². The molecule has 3 unspecified atom stereocenters. The predicted octanol–water partition coefficient (Wildman–Crippen LogP) is 4.02. The molecule has 2 N–H and O–H groups in total. The molecule has 0 heterocycles. The number of likely N-dealkylation sites (N-methyl/N-ethyl adjacent to an activating group) is 1. The summed E-state index contributed by atoms with van der Waals surface area (Å²) in [6.07, 6.45) is 6.52. The molecular weight excluding hydrogens is 418 g/mol.